The molecule has 8 nitrogen and oxygen atoms in total. The number of benzene rings is 2. The lowest BCUT2D eigenvalue weighted by Gasteiger charge is -2.37. The molecule has 0 fully saturated rings. The van der Waals surface area contributed by atoms with E-state index in [1.807, 2.05) is 39.0 Å². The average molecular weight is 522 g/mol. The van der Waals surface area contributed by atoms with Gasteiger partial charge in [0.25, 0.3) is 0 Å². The quantitative estimate of drug-likeness (QED) is 0.438. The van der Waals surface area contributed by atoms with Crippen molar-refractivity contribution in [2.24, 2.45) is 0 Å². The second kappa shape index (κ2) is 11.6. The Kier molecular flexibility index (Phi) is 8.29. The highest BCUT2D eigenvalue weighted by molar-refractivity contribution is 6.04. The SMILES string of the molecule is CCCOC(=O)C1=C(C)NC2=C(C(=O)C[C@H](c3ccc(OC)c(OC)c3)C2)[C@@H]1c1ccc(O)c(OCC)c1. The maximum Gasteiger partial charge on any atom is 0.336 e. The van der Waals surface area contributed by atoms with Crippen molar-refractivity contribution in [2.75, 3.05) is 27.4 Å². The van der Waals surface area contributed by atoms with Gasteiger partial charge in [0.15, 0.2) is 28.8 Å². The van der Waals surface area contributed by atoms with Gasteiger partial charge in [-0.15, -0.1) is 0 Å². The topological polar surface area (TPSA) is 103 Å². The Bertz CT molecular complexity index is 1290. The number of rotatable bonds is 9. The van der Waals surface area contributed by atoms with Gasteiger partial charge in [-0.1, -0.05) is 19.1 Å². The van der Waals surface area contributed by atoms with Crippen LogP contribution in [0.4, 0.5) is 0 Å². The molecule has 38 heavy (non-hydrogen) atoms. The summed E-state index contributed by atoms with van der Waals surface area (Å²) in [4.78, 5) is 27.1. The van der Waals surface area contributed by atoms with E-state index in [4.69, 9.17) is 18.9 Å². The number of hydrogen-bond acceptors (Lipinski definition) is 8. The molecule has 0 saturated heterocycles. The van der Waals surface area contributed by atoms with Gasteiger partial charge in [-0.3, -0.25) is 4.79 Å². The van der Waals surface area contributed by atoms with E-state index in [1.54, 1.807) is 26.4 Å². The van der Waals surface area contributed by atoms with Gasteiger partial charge in [-0.2, -0.15) is 0 Å². The number of nitrogens with one attached hydrogen (secondary N) is 1. The number of allylic oxidation sites excluding steroid dienone is 3. The number of carbonyl (C=O) groups excluding carboxylic acids is 2. The molecule has 0 radical (unpaired) electrons. The monoisotopic (exact) mass is 521 g/mol. The fourth-order valence-corrected chi connectivity index (χ4v) is 5.24. The molecule has 0 amide bonds. The summed E-state index contributed by atoms with van der Waals surface area (Å²) in [7, 11) is 3.17. The highest BCUT2D eigenvalue weighted by Gasteiger charge is 2.41. The Morgan fingerprint density at radius 2 is 1.71 bits per heavy atom. The van der Waals surface area contributed by atoms with Gasteiger partial charge in [-0.05, 0) is 68.0 Å². The largest absolute Gasteiger partial charge is 0.504 e. The highest BCUT2D eigenvalue weighted by Crippen LogP contribution is 2.47. The number of hydrogen-bond donors (Lipinski definition) is 2. The third-order valence-corrected chi connectivity index (χ3v) is 6.98. The number of phenolic OH excluding ortho intramolecular Hbond substituents is 1. The minimum Gasteiger partial charge on any atom is -0.504 e. The predicted octanol–water partition coefficient (Wildman–Crippen LogP) is 5.12. The smallest absolute Gasteiger partial charge is 0.336 e. The zero-order chi connectivity index (χ0) is 27.4. The van der Waals surface area contributed by atoms with E-state index < -0.39 is 11.9 Å². The highest BCUT2D eigenvalue weighted by atomic mass is 16.5. The van der Waals surface area contributed by atoms with E-state index in [0.717, 1.165) is 11.3 Å². The molecule has 2 N–H and O–H groups in total. The van der Waals surface area contributed by atoms with Gasteiger partial charge < -0.3 is 29.4 Å². The van der Waals surface area contributed by atoms with Crippen molar-refractivity contribution in [3.8, 4) is 23.0 Å². The standard InChI is InChI=1S/C30H35NO7/c1-6-12-38-30(34)27-17(3)31-21-13-20(18-9-11-24(35-4)26(15-18)36-5)14-23(33)29(21)28(27)19-8-10-22(32)25(16-19)37-7-2/h8-11,15-16,20,28,31-32H,6-7,12-14H2,1-5H3/t20-,28-/m1/s1. The first-order valence-corrected chi connectivity index (χ1v) is 12.9. The van der Waals surface area contributed by atoms with Crippen molar-refractivity contribution in [3.63, 3.8) is 0 Å². The van der Waals surface area contributed by atoms with Gasteiger partial charge in [0, 0.05) is 29.3 Å². The molecule has 0 saturated carbocycles. The molecule has 2 aliphatic rings. The van der Waals surface area contributed by atoms with Crippen LogP contribution in [0.3, 0.4) is 0 Å². The zero-order valence-corrected chi connectivity index (χ0v) is 22.6. The average Bonchev–Trinajstić information content (AvgIpc) is 2.91. The lowest BCUT2D eigenvalue weighted by atomic mass is 9.71. The van der Waals surface area contributed by atoms with Crippen molar-refractivity contribution in [2.45, 2.75) is 51.9 Å². The molecule has 1 aliphatic heterocycles. The van der Waals surface area contributed by atoms with Crippen LogP contribution in [0.5, 0.6) is 23.0 Å². The van der Waals surface area contributed by atoms with Gasteiger partial charge in [0.2, 0.25) is 0 Å². The number of dihydropyridines is 1. The van der Waals surface area contributed by atoms with Gasteiger partial charge >= 0.3 is 5.97 Å². The second-order valence-electron chi connectivity index (χ2n) is 9.43. The van der Waals surface area contributed by atoms with Crippen molar-refractivity contribution in [1.29, 1.82) is 0 Å². The lowest BCUT2D eigenvalue weighted by Crippen LogP contribution is -2.36. The van der Waals surface area contributed by atoms with Gasteiger partial charge in [0.1, 0.15) is 0 Å². The third kappa shape index (κ3) is 5.21. The van der Waals surface area contributed by atoms with E-state index in [-0.39, 0.29) is 30.5 Å². The van der Waals surface area contributed by atoms with Crippen LogP contribution in [0.25, 0.3) is 0 Å². The number of Topliss-reactive ketones (excluding diaryl/α,β-unsaturated/α-hetero) is 1. The summed E-state index contributed by atoms with van der Waals surface area (Å²) in [5, 5.41) is 13.7. The minimum absolute atomic E-state index is 0.00182. The molecule has 0 unspecified atom stereocenters. The first kappa shape index (κ1) is 27.1. The van der Waals surface area contributed by atoms with Crippen molar-refractivity contribution < 1.29 is 33.6 Å². The summed E-state index contributed by atoms with van der Waals surface area (Å²) < 4.78 is 22.0. The molecule has 8 heteroatoms. The number of methoxy groups -OCH3 is 2. The maximum absolute atomic E-state index is 13.8. The van der Waals surface area contributed by atoms with Crippen LogP contribution in [0.2, 0.25) is 0 Å². The summed E-state index contributed by atoms with van der Waals surface area (Å²) in [5.41, 5.74) is 4.01. The Morgan fingerprint density at radius 3 is 2.39 bits per heavy atom. The van der Waals surface area contributed by atoms with Crippen LogP contribution in [0.15, 0.2) is 58.9 Å². The molecular weight excluding hydrogens is 486 g/mol. The summed E-state index contributed by atoms with van der Waals surface area (Å²) in [6.07, 6.45) is 1.54. The number of carbonyl (C=O) groups is 2. The Labute approximate surface area is 223 Å². The zero-order valence-electron chi connectivity index (χ0n) is 22.6. The Balaban J connectivity index is 1.79. The van der Waals surface area contributed by atoms with Gasteiger partial charge in [-0.25, -0.2) is 4.79 Å². The molecule has 0 bridgehead atoms. The minimum atomic E-state index is -0.644. The molecule has 2 aromatic carbocycles. The molecule has 4 rings (SSSR count). The summed E-state index contributed by atoms with van der Waals surface area (Å²) in [5.74, 6) is 0.298. The first-order chi connectivity index (χ1) is 18.3. The molecular formula is C30H35NO7. The van der Waals surface area contributed by atoms with Crippen LogP contribution in [0.1, 0.15) is 63.0 Å². The number of esters is 1. The van der Waals surface area contributed by atoms with Crippen molar-refractivity contribution >= 4 is 11.8 Å². The second-order valence-corrected chi connectivity index (χ2v) is 9.43. The van der Waals surface area contributed by atoms with E-state index in [0.29, 0.717) is 59.1 Å². The number of ketones is 1. The Morgan fingerprint density at radius 1 is 1.00 bits per heavy atom. The van der Waals surface area contributed by atoms with Gasteiger partial charge in [0.05, 0.1) is 33.0 Å². The molecule has 2 atom stereocenters. The van der Waals surface area contributed by atoms with E-state index in [9.17, 15) is 14.7 Å². The van der Waals surface area contributed by atoms with E-state index in [1.165, 1.54) is 6.07 Å². The molecule has 0 aromatic heterocycles. The summed E-state index contributed by atoms with van der Waals surface area (Å²) in [6.45, 7) is 6.23. The first-order valence-electron chi connectivity index (χ1n) is 12.9. The normalized spacial score (nSPS) is 19.0. The molecule has 1 aliphatic carbocycles. The molecule has 2 aromatic rings. The maximum atomic E-state index is 13.8. The Hall–Kier alpha value is -3.94. The van der Waals surface area contributed by atoms with E-state index in [2.05, 4.69) is 5.32 Å². The van der Waals surface area contributed by atoms with Crippen molar-refractivity contribution in [3.05, 3.63) is 70.1 Å². The molecule has 202 valence electrons. The van der Waals surface area contributed by atoms with Crippen LogP contribution < -0.4 is 19.5 Å². The number of aromatic hydroxyl groups is 1. The third-order valence-electron chi connectivity index (χ3n) is 6.98. The molecule has 0 spiro atoms. The fourth-order valence-electron chi connectivity index (χ4n) is 5.24. The summed E-state index contributed by atoms with van der Waals surface area (Å²) in [6, 6.07) is 10.7. The number of phenols is 1. The van der Waals surface area contributed by atoms with Crippen molar-refractivity contribution in [1.82, 2.24) is 5.32 Å². The number of ether oxygens (including phenoxy) is 4. The van der Waals surface area contributed by atoms with Crippen LogP contribution in [-0.2, 0) is 14.3 Å². The van der Waals surface area contributed by atoms with Crippen LogP contribution >= 0.6 is 0 Å². The fraction of sp³-hybridized carbons (Fsp3) is 0.400. The predicted molar refractivity (Wildman–Crippen MR) is 143 cm³/mol. The van der Waals surface area contributed by atoms with Crippen LogP contribution in [0, 0.1) is 0 Å². The van der Waals surface area contributed by atoms with Crippen LogP contribution in [-0.4, -0.2) is 44.3 Å². The molecule has 1 heterocycles. The van der Waals surface area contributed by atoms with E-state index >= 15 is 0 Å². The summed E-state index contributed by atoms with van der Waals surface area (Å²) >= 11 is 0. The lowest BCUT2D eigenvalue weighted by molar-refractivity contribution is -0.139.